The van der Waals surface area contributed by atoms with Crippen LogP contribution in [0.3, 0.4) is 0 Å². The number of benzene rings is 2. The van der Waals surface area contributed by atoms with Gasteiger partial charge in [0.05, 0.1) is 10.7 Å². The largest absolute Gasteiger partial charge is 0.311 e. The van der Waals surface area contributed by atoms with Crippen LogP contribution in [0.4, 0.5) is 11.4 Å². The van der Waals surface area contributed by atoms with Gasteiger partial charge in [-0.25, -0.2) is 0 Å². The van der Waals surface area contributed by atoms with Gasteiger partial charge in [0.25, 0.3) is 5.69 Å². The van der Waals surface area contributed by atoms with Crippen LogP contribution in [-0.2, 0) is 18.3 Å². The lowest BCUT2D eigenvalue weighted by Crippen LogP contribution is -2.36. The van der Waals surface area contributed by atoms with Crippen molar-refractivity contribution in [1.82, 2.24) is 14.8 Å². The number of carbonyl (C=O) groups excluding carboxylic acids is 1. The van der Waals surface area contributed by atoms with Crippen LogP contribution in [-0.4, -0.2) is 37.9 Å². The molecule has 29 heavy (non-hydrogen) atoms. The maximum absolute atomic E-state index is 12.8. The molecule has 148 valence electrons. The normalized spacial score (nSPS) is 13.2. The molecule has 2 heterocycles. The lowest BCUT2D eigenvalue weighted by molar-refractivity contribution is -0.384. The number of anilines is 1. The second-order valence-corrected chi connectivity index (χ2v) is 7.68. The Bertz CT molecular complexity index is 1060. The van der Waals surface area contributed by atoms with E-state index in [4.69, 9.17) is 0 Å². The molecule has 1 aliphatic rings. The van der Waals surface area contributed by atoms with Crippen LogP contribution in [0.25, 0.3) is 11.4 Å². The number of para-hydroxylation sites is 1. The number of hydrogen-bond donors (Lipinski definition) is 0. The monoisotopic (exact) mass is 409 g/mol. The van der Waals surface area contributed by atoms with Crippen LogP contribution in [0, 0.1) is 10.1 Å². The van der Waals surface area contributed by atoms with E-state index in [1.165, 1.54) is 29.5 Å². The fraction of sp³-hybridized carbons (Fsp3) is 0.250. The fourth-order valence-corrected chi connectivity index (χ4v) is 4.21. The molecule has 0 fully saturated rings. The minimum absolute atomic E-state index is 0.0259. The number of aryl methyl sites for hydroxylation is 1. The number of nitrogens with zero attached hydrogens (tertiary/aromatic N) is 5. The Morgan fingerprint density at radius 3 is 2.69 bits per heavy atom. The van der Waals surface area contributed by atoms with Crippen LogP contribution < -0.4 is 4.90 Å². The van der Waals surface area contributed by atoms with Crippen molar-refractivity contribution < 1.29 is 9.72 Å². The van der Waals surface area contributed by atoms with Crippen molar-refractivity contribution >= 4 is 29.0 Å². The lowest BCUT2D eigenvalue weighted by atomic mass is 10.0. The third kappa shape index (κ3) is 3.86. The van der Waals surface area contributed by atoms with Crippen LogP contribution in [0.15, 0.2) is 53.7 Å². The number of nitro benzene ring substituents is 1. The average Bonchev–Trinajstić information content (AvgIpc) is 3.12. The van der Waals surface area contributed by atoms with Crippen molar-refractivity contribution in [3.8, 4) is 11.4 Å². The van der Waals surface area contributed by atoms with Gasteiger partial charge in [0.2, 0.25) is 5.91 Å². The van der Waals surface area contributed by atoms with Gasteiger partial charge in [-0.2, -0.15) is 0 Å². The Morgan fingerprint density at radius 1 is 1.17 bits per heavy atom. The predicted molar refractivity (Wildman–Crippen MR) is 111 cm³/mol. The molecule has 1 aliphatic heterocycles. The number of nitro groups is 1. The quantitative estimate of drug-likeness (QED) is 0.364. The van der Waals surface area contributed by atoms with Crippen molar-refractivity contribution in [2.45, 2.75) is 18.0 Å². The third-order valence-electron chi connectivity index (χ3n) is 4.91. The zero-order valence-corrected chi connectivity index (χ0v) is 16.6. The number of aromatic nitrogens is 3. The van der Waals surface area contributed by atoms with Gasteiger partial charge in [-0.05, 0) is 36.6 Å². The molecular weight excluding hydrogens is 390 g/mol. The molecule has 0 atom stereocenters. The molecule has 3 aromatic rings. The van der Waals surface area contributed by atoms with Gasteiger partial charge < -0.3 is 9.47 Å². The first-order valence-corrected chi connectivity index (χ1v) is 10.2. The van der Waals surface area contributed by atoms with E-state index in [0.717, 1.165) is 30.6 Å². The molecule has 4 rings (SSSR count). The van der Waals surface area contributed by atoms with Gasteiger partial charge in [0.1, 0.15) is 0 Å². The second kappa shape index (κ2) is 8.04. The third-order valence-corrected chi connectivity index (χ3v) is 5.91. The number of thioether (sulfide) groups is 1. The van der Waals surface area contributed by atoms with E-state index in [2.05, 4.69) is 16.3 Å². The SMILES string of the molecule is Cn1c(SCC(=O)N2CCCc3ccccc32)nnc1-c1ccc([N+](=O)[O-])cc1. The standard InChI is InChI=1S/C20H19N5O3S/c1-23-19(15-8-10-16(11-9-15)25(27)28)21-22-20(23)29-13-18(26)24-12-4-6-14-5-2-3-7-17(14)24/h2-3,5,7-11H,4,6,12-13H2,1H3. The number of amides is 1. The minimum atomic E-state index is -0.438. The number of hydrogen-bond acceptors (Lipinski definition) is 6. The summed E-state index contributed by atoms with van der Waals surface area (Å²) in [6.45, 7) is 0.725. The summed E-state index contributed by atoms with van der Waals surface area (Å²) in [7, 11) is 1.82. The van der Waals surface area contributed by atoms with Crippen LogP contribution in [0.1, 0.15) is 12.0 Å². The number of rotatable bonds is 5. The molecule has 0 spiro atoms. The first-order valence-electron chi connectivity index (χ1n) is 9.20. The summed E-state index contributed by atoms with van der Waals surface area (Å²) in [5.41, 5.74) is 2.96. The Labute approximate surface area is 171 Å². The van der Waals surface area contributed by atoms with E-state index in [-0.39, 0.29) is 17.3 Å². The first-order chi connectivity index (χ1) is 14.0. The summed E-state index contributed by atoms with van der Waals surface area (Å²) in [4.78, 5) is 25.0. The maximum atomic E-state index is 12.8. The zero-order chi connectivity index (χ0) is 20.4. The van der Waals surface area contributed by atoms with E-state index in [1.54, 1.807) is 16.7 Å². The molecule has 0 radical (unpaired) electrons. The molecule has 0 N–H and O–H groups in total. The number of non-ortho nitro benzene ring substituents is 1. The van der Waals surface area contributed by atoms with Gasteiger partial charge >= 0.3 is 0 Å². The van der Waals surface area contributed by atoms with Gasteiger partial charge in [-0.3, -0.25) is 14.9 Å². The molecule has 9 heteroatoms. The van der Waals surface area contributed by atoms with Crippen LogP contribution in [0.2, 0.25) is 0 Å². The molecule has 0 unspecified atom stereocenters. The second-order valence-electron chi connectivity index (χ2n) is 6.74. The smallest absolute Gasteiger partial charge is 0.269 e. The molecule has 0 bridgehead atoms. The van der Waals surface area contributed by atoms with E-state index in [1.807, 2.05) is 30.1 Å². The highest BCUT2D eigenvalue weighted by molar-refractivity contribution is 7.99. The van der Waals surface area contributed by atoms with E-state index in [9.17, 15) is 14.9 Å². The molecule has 0 aliphatic carbocycles. The van der Waals surface area contributed by atoms with Crippen LogP contribution >= 0.6 is 11.8 Å². The summed E-state index contributed by atoms with van der Waals surface area (Å²) in [6.07, 6.45) is 1.96. The highest BCUT2D eigenvalue weighted by Gasteiger charge is 2.23. The van der Waals surface area contributed by atoms with Gasteiger partial charge in [-0.1, -0.05) is 30.0 Å². The Morgan fingerprint density at radius 2 is 1.93 bits per heavy atom. The molecular formula is C20H19N5O3S. The molecule has 0 saturated heterocycles. The molecule has 8 nitrogen and oxygen atoms in total. The Hall–Kier alpha value is -3.20. The summed E-state index contributed by atoms with van der Waals surface area (Å²) in [6, 6.07) is 14.2. The summed E-state index contributed by atoms with van der Waals surface area (Å²) < 4.78 is 1.79. The molecule has 1 aromatic heterocycles. The van der Waals surface area contributed by atoms with Gasteiger partial charge in [-0.15, -0.1) is 10.2 Å². The molecule has 2 aromatic carbocycles. The Balaban J connectivity index is 1.46. The van der Waals surface area contributed by atoms with Crippen LogP contribution in [0.5, 0.6) is 0 Å². The first kappa shape index (κ1) is 19.1. The maximum Gasteiger partial charge on any atom is 0.269 e. The topological polar surface area (TPSA) is 94.2 Å². The summed E-state index contributed by atoms with van der Waals surface area (Å²) >= 11 is 1.34. The van der Waals surface area contributed by atoms with Gasteiger partial charge in [0.15, 0.2) is 11.0 Å². The highest BCUT2D eigenvalue weighted by Crippen LogP contribution is 2.29. The van der Waals surface area contributed by atoms with Crippen molar-refractivity contribution in [2.75, 3.05) is 17.2 Å². The van der Waals surface area contributed by atoms with E-state index in [0.29, 0.717) is 11.0 Å². The van der Waals surface area contributed by atoms with Crippen molar-refractivity contribution in [2.24, 2.45) is 7.05 Å². The van der Waals surface area contributed by atoms with Crippen molar-refractivity contribution in [3.63, 3.8) is 0 Å². The highest BCUT2D eigenvalue weighted by atomic mass is 32.2. The molecule has 0 saturated carbocycles. The Kier molecular flexibility index (Phi) is 5.30. The molecule has 1 amide bonds. The van der Waals surface area contributed by atoms with Crippen molar-refractivity contribution in [3.05, 3.63) is 64.2 Å². The van der Waals surface area contributed by atoms with E-state index < -0.39 is 4.92 Å². The van der Waals surface area contributed by atoms with Gasteiger partial charge in [0, 0.05) is 37.0 Å². The summed E-state index contributed by atoms with van der Waals surface area (Å²) in [5.74, 6) is 0.904. The lowest BCUT2D eigenvalue weighted by Gasteiger charge is -2.29. The number of fused-ring (bicyclic) bond motifs is 1. The average molecular weight is 409 g/mol. The van der Waals surface area contributed by atoms with Crippen molar-refractivity contribution in [1.29, 1.82) is 0 Å². The summed E-state index contributed by atoms with van der Waals surface area (Å²) in [5, 5.41) is 19.8. The minimum Gasteiger partial charge on any atom is -0.311 e. The number of carbonyl (C=O) groups is 1. The fourth-order valence-electron chi connectivity index (χ4n) is 3.42. The zero-order valence-electron chi connectivity index (χ0n) is 15.8. The van der Waals surface area contributed by atoms with E-state index >= 15 is 0 Å². The predicted octanol–water partition coefficient (Wildman–Crippen LogP) is 3.46.